The standard InChI is InChI=1S/C22H16ClN3O3/c1-2-26-11-24-19-16(22(26)27)10-17(13-6-8-14(23)9-7-13)25-20(19)15-4-3-5-18-21(15)29-12-28-18/h3-11H,2,12H2,1H3. The number of hydrogen-bond acceptors (Lipinski definition) is 5. The van der Waals surface area contributed by atoms with Crippen LogP contribution in [0.5, 0.6) is 11.5 Å². The van der Waals surface area contributed by atoms with E-state index in [2.05, 4.69) is 4.98 Å². The van der Waals surface area contributed by atoms with Gasteiger partial charge in [0.05, 0.1) is 17.4 Å². The van der Waals surface area contributed by atoms with Gasteiger partial charge in [-0.1, -0.05) is 29.8 Å². The average molecular weight is 406 g/mol. The van der Waals surface area contributed by atoms with Gasteiger partial charge in [0.25, 0.3) is 5.56 Å². The molecule has 2 aromatic carbocycles. The minimum atomic E-state index is -0.110. The van der Waals surface area contributed by atoms with E-state index in [1.54, 1.807) is 29.1 Å². The van der Waals surface area contributed by atoms with E-state index in [0.717, 1.165) is 11.1 Å². The van der Waals surface area contributed by atoms with Gasteiger partial charge < -0.3 is 9.47 Å². The zero-order valence-electron chi connectivity index (χ0n) is 15.6. The zero-order chi connectivity index (χ0) is 20.0. The molecule has 0 N–H and O–H groups in total. The van der Waals surface area contributed by atoms with E-state index < -0.39 is 0 Å². The Kier molecular flexibility index (Phi) is 4.21. The van der Waals surface area contributed by atoms with Crippen molar-refractivity contribution in [1.82, 2.24) is 14.5 Å². The number of aromatic nitrogens is 3. The van der Waals surface area contributed by atoms with Crippen molar-refractivity contribution >= 4 is 22.5 Å². The van der Waals surface area contributed by atoms with Gasteiger partial charge in [0, 0.05) is 22.7 Å². The van der Waals surface area contributed by atoms with E-state index in [0.29, 0.717) is 45.4 Å². The van der Waals surface area contributed by atoms with Gasteiger partial charge in [0.15, 0.2) is 11.5 Å². The van der Waals surface area contributed by atoms with Crippen molar-refractivity contribution in [2.45, 2.75) is 13.5 Å². The molecule has 3 heterocycles. The molecular formula is C22H16ClN3O3. The van der Waals surface area contributed by atoms with Crippen LogP contribution in [0.1, 0.15) is 6.92 Å². The average Bonchev–Trinajstić information content (AvgIpc) is 3.23. The summed E-state index contributed by atoms with van der Waals surface area (Å²) >= 11 is 6.04. The largest absolute Gasteiger partial charge is 0.454 e. The number of pyridine rings is 1. The van der Waals surface area contributed by atoms with Crippen molar-refractivity contribution in [2.24, 2.45) is 0 Å². The van der Waals surface area contributed by atoms with E-state index in [4.69, 9.17) is 26.1 Å². The van der Waals surface area contributed by atoms with Crippen molar-refractivity contribution in [1.29, 1.82) is 0 Å². The third-order valence-corrected chi connectivity index (χ3v) is 5.19. The molecule has 6 nitrogen and oxygen atoms in total. The summed E-state index contributed by atoms with van der Waals surface area (Å²) in [7, 11) is 0. The Hall–Kier alpha value is -3.38. The van der Waals surface area contributed by atoms with Crippen LogP contribution in [0.4, 0.5) is 0 Å². The summed E-state index contributed by atoms with van der Waals surface area (Å²) in [6, 6.07) is 14.7. The Balaban J connectivity index is 1.85. The fourth-order valence-electron chi connectivity index (χ4n) is 3.46. The molecule has 144 valence electrons. The first-order valence-electron chi connectivity index (χ1n) is 9.21. The van der Waals surface area contributed by atoms with Gasteiger partial charge >= 0.3 is 0 Å². The third-order valence-electron chi connectivity index (χ3n) is 4.94. The number of fused-ring (bicyclic) bond motifs is 2. The number of ether oxygens (including phenoxy) is 2. The van der Waals surface area contributed by atoms with E-state index in [9.17, 15) is 4.79 Å². The molecule has 1 aliphatic heterocycles. The molecule has 0 aliphatic carbocycles. The lowest BCUT2D eigenvalue weighted by atomic mass is 10.0. The highest BCUT2D eigenvalue weighted by atomic mass is 35.5. The van der Waals surface area contributed by atoms with Crippen molar-refractivity contribution in [3.05, 3.63) is 70.2 Å². The van der Waals surface area contributed by atoms with Gasteiger partial charge in [-0.25, -0.2) is 9.97 Å². The van der Waals surface area contributed by atoms with E-state index in [1.165, 1.54) is 0 Å². The number of nitrogens with zero attached hydrogens (tertiary/aromatic N) is 3. The fraction of sp³-hybridized carbons (Fsp3) is 0.136. The van der Waals surface area contributed by atoms with Crippen LogP contribution >= 0.6 is 11.6 Å². The molecule has 0 unspecified atom stereocenters. The highest BCUT2D eigenvalue weighted by Gasteiger charge is 2.23. The first-order valence-corrected chi connectivity index (χ1v) is 9.58. The maximum absolute atomic E-state index is 13.0. The predicted octanol–water partition coefficient (Wildman–Crippen LogP) is 4.53. The summed E-state index contributed by atoms with van der Waals surface area (Å²) in [5, 5.41) is 1.14. The predicted molar refractivity (Wildman–Crippen MR) is 111 cm³/mol. The highest BCUT2D eigenvalue weighted by Crippen LogP contribution is 2.42. The Morgan fingerprint density at radius 1 is 1.14 bits per heavy atom. The molecule has 1 aliphatic rings. The maximum Gasteiger partial charge on any atom is 0.261 e. The summed E-state index contributed by atoms with van der Waals surface area (Å²) in [4.78, 5) is 22.4. The normalized spacial score (nSPS) is 12.5. The lowest BCUT2D eigenvalue weighted by Crippen LogP contribution is -2.20. The van der Waals surface area contributed by atoms with Gasteiger partial charge in [-0.15, -0.1) is 0 Å². The summed E-state index contributed by atoms with van der Waals surface area (Å²) in [6.45, 7) is 2.59. The Morgan fingerprint density at radius 2 is 1.97 bits per heavy atom. The third kappa shape index (κ3) is 2.93. The molecular weight excluding hydrogens is 390 g/mol. The Labute approximate surface area is 171 Å². The Morgan fingerprint density at radius 3 is 2.76 bits per heavy atom. The first-order chi connectivity index (χ1) is 14.2. The second-order valence-electron chi connectivity index (χ2n) is 6.63. The van der Waals surface area contributed by atoms with E-state index in [-0.39, 0.29) is 12.4 Å². The Bertz CT molecular complexity index is 1300. The van der Waals surface area contributed by atoms with Gasteiger partial charge in [0.2, 0.25) is 6.79 Å². The van der Waals surface area contributed by atoms with Crippen LogP contribution in [-0.2, 0) is 6.54 Å². The monoisotopic (exact) mass is 405 g/mol. The fourth-order valence-corrected chi connectivity index (χ4v) is 3.59. The smallest absolute Gasteiger partial charge is 0.261 e. The molecule has 0 spiro atoms. The van der Waals surface area contributed by atoms with Crippen LogP contribution in [0, 0.1) is 0 Å². The second-order valence-corrected chi connectivity index (χ2v) is 7.07. The van der Waals surface area contributed by atoms with Gasteiger partial charge in [-0.05, 0) is 37.3 Å². The molecule has 0 saturated heterocycles. The molecule has 0 radical (unpaired) electrons. The summed E-state index contributed by atoms with van der Waals surface area (Å²) in [6.07, 6.45) is 1.55. The lowest BCUT2D eigenvalue weighted by molar-refractivity contribution is 0.174. The molecule has 2 aromatic heterocycles. The SMILES string of the molecule is CCn1cnc2c(-c3cccc4c3OCO4)nc(-c3ccc(Cl)cc3)cc2c1=O. The number of para-hydroxylation sites is 1. The van der Waals surface area contributed by atoms with Gasteiger partial charge in [-0.3, -0.25) is 9.36 Å². The maximum atomic E-state index is 13.0. The topological polar surface area (TPSA) is 66.2 Å². The highest BCUT2D eigenvalue weighted by molar-refractivity contribution is 6.30. The van der Waals surface area contributed by atoms with Gasteiger partial charge in [0.1, 0.15) is 11.2 Å². The van der Waals surface area contributed by atoms with Crippen molar-refractivity contribution in [3.63, 3.8) is 0 Å². The number of rotatable bonds is 3. The second kappa shape index (κ2) is 6.90. The molecule has 0 amide bonds. The first kappa shape index (κ1) is 17.7. The molecule has 29 heavy (non-hydrogen) atoms. The van der Waals surface area contributed by atoms with Crippen LogP contribution in [-0.4, -0.2) is 21.3 Å². The number of halogens is 1. The quantitative estimate of drug-likeness (QED) is 0.501. The summed E-state index contributed by atoms with van der Waals surface area (Å²) in [5.41, 5.74) is 3.25. The molecule has 7 heteroatoms. The van der Waals surface area contributed by atoms with Gasteiger partial charge in [-0.2, -0.15) is 0 Å². The molecule has 0 fully saturated rings. The van der Waals surface area contributed by atoms with Crippen molar-refractivity contribution < 1.29 is 9.47 Å². The molecule has 4 aromatic rings. The number of aryl methyl sites for hydroxylation is 1. The van der Waals surface area contributed by atoms with Crippen LogP contribution in [0.3, 0.4) is 0 Å². The number of benzene rings is 2. The number of hydrogen-bond donors (Lipinski definition) is 0. The van der Waals surface area contributed by atoms with Crippen molar-refractivity contribution in [2.75, 3.05) is 6.79 Å². The van der Waals surface area contributed by atoms with E-state index >= 15 is 0 Å². The van der Waals surface area contributed by atoms with Crippen LogP contribution in [0.15, 0.2) is 59.7 Å². The minimum absolute atomic E-state index is 0.110. The molecule has 0 atom stereocenters. The molecule has 0 saturated carbocycles. The van der Waals surface area contributed by atoms with E-state index in [1.807, 2.05) is 37.3 Å². The van der Waals surface area contributed by atoms with Crippen LogP contribution < -0.4 is 15.0 Å². The summed E-state index contributed by atoms with van der Waals surface area (Å²) < 4.78 is 12.8. The zero-order valence-corrected chi connectivity index (χ0v) is 16.3. The van der Waals surface area contributed by atoms with Crippen LogP contribution in [0.25, 0.3) is 33.4 Å². The van der Waals surface area contributed by atoms with Crippen molar-refractivity contribution in [3.8, 4) is 34.0 Å². The minimum Gasteiger partial charge on any atom is -0.454 e. The molecule has 0 bridgehead atoms. The van der Waals surface area contributed by atoms with Crippen LogP contribution in [0.2, 0.25) is 5.02 Å². The summed E-state index contributed by atoms with van der Waals surface area (Å²) in [5.74, 6) is 1.26. The lowest BCUT2D eigenvalue weighted by Gasteiger charge is -2.12. The molecule has 5 rings (SSSR count).